The summed E-state index contributed by atoms with van der Waals surface area (Å²) < 4.78 is 68.5. The molecule has 3 N–H and O–H groups in total. The Bertz CT molecular complexity index is 2410. The molecule has 0 spiro atoms. The average molecular weight is 1470 g/mol. The number of phosphoric acid groups is 2. The maximum atomic E-state index is 13.1. The molecule has 0 saturated carbocycles. The minimum Gasteiger partial charge on any atom is -0.462 e. The third-order valence-electron chi connectivity index (χ3n) is 16.4. The van der Waals surface area contributed by atoms with Gasteiger partial charge >= 0.3 is 39.5 Å². The predicted molar refractivity (Wildman–Crippen MR) is 418 cm³/mol. The predicted octanol–water partition coefficient (Wildman–Crippen LogP) is 23.1. The summed E-state index contributed by atoms with van der Waals surface area (Å²) >= 11 is 0. The van der Waals surface area contributed by atoms with E-state index in [9.17, 15) is 43.2 Å². The molecule has 0 heterocycles. The van der Waals surface area contributed by atoms with E-state index in [-0.39, 0.29) is 25.7 Å². The lowest BCUT2D eigenvalue weighted by atomic mass is 10.1. The number of rotatable bonds is 74. The third kappa shape index (κ3) is 73.8. The largest absolute Gasteiger partial charge is 0.472 e. The number of aliphatic hydroxyl groups is 1. The Morgan fingerprint density at radius 1 is 0.284 bits per heavy atom. The fourth-order valence-corrected chi connectivity index (χ4v) is 11.9. The van der Waals surface area contributed by atoms with Crippen LogP contribution in [0.2, 0.25) is 0 Å². The van der Waals surface area contributed by atoms with E-state index in [4.69, 9.17) is 37.0 Å². The molecule has 5 unspecified atom stereocenters. The summed E-state index contributed by atoms with van der Waals surface area (Å²) in [6.45, 7) is 4.55. The Labute approximate surface area is 619 Å². The van der Waals surface area contributed by atoms with Gasteiger partial charge in [0.15, 0.2) is 12.2 Å². The van der Waals surface area contributed by atoms with Crippen LogP contribution in [0.1, 0.15) is 323 Å². The Kier molecular flexibility index (Phi) is 71.4. The Balaban J connectivity index is 5.34. The highest BCUT2D eigenvalue weighted by Crippen LogP contribution is 2.45. The average Bonchev–Trinajstić information content (AvgIpc) is 0.926. The van der Waals surface area contributed by atoms with Crippen LogP contribution in [-0.2, 0) is 65.4 Å². The molecule has 19 heteroatoms. The summed E-state index contributed by atoms with van der Waals surface area (Å²) in [6.07, 6.45) is 81.8. The van der Waals surface area contributed by atoms with Crippen molar-refractivity contribution in [2.24, 2.45) is 0 Å². The zero-order valence-corrected chi connectivity index (χ0v) is 65.8. The molecule has 0 rings (SSSR count). The lowest BCUT2D eigenvalue weighted by molar-refractivity contribution is -0.161. The number of carbonyl (C=O) groups is 4. The van der Waals surface area contributed by atoms with Crippen LogP contribution in [0, 0.1) is 0 Å². The van der Waals surface area contributed by atoms with Gasteiger partial charge in [-0.3, -0.25) is 37.3 Å². The van der Waals surface area contributed by atoms with E-state index in [2.05, 4.69) is 149 Å². The first-order chi connectivity index (χ1) is 49.7. The van der Waals surface area contributed by atoms with Crippen molar-refractivity contribution in [1.82, 2.24) is 0 Å². The molecule has 0 aliphatic heterocycles. The number of esters is 4. The van der Waals surface area contributed by atoms with E-state index in [0.717, 1.165) is 212 Å². The van der Waals surface area contributed by atoms with Crippen molar-refractivity contribution in [3.63, 3.8) is 0 Å². The third-order valence-corrected chi connectivity index (χ3v) is 18.3. The molecular formula is C83H142O17P2. The zero-order valence-electron chi connectivity index (χ0n) is 64.0. The Hall–Kier alpha value is -4.54. The fourth-order valence-electron chi connectivity index (χ4n) is 10.4. The highest BCUT2D eigenvalue weighted by Gasteiger charge is 2.30. The highest BCUT2D eigenvalue weighted by atomic mass is 31.2. The maximum Gasteiger partial charge on any atom is 0.472 e. The normalized spacial score (nSPS) is 14.5. The Morgan fingerprint density at radius 3 is 0.824 bits per heavy atom. The molecule has 0 fully saturated rings. The van der Waals surface area contributed by atoms with Gasteiger partial charge in [-0.1, -0.05) is 271 Å². The molecular weight excluding hydrogens is 1330 g/mol. The van der Waals surface area contributed by atoms with Gasteiger partial charge in [0.2, 0.25) is 0 Å². The van der Waals surface area contributed by atoms with Crippen LogP contribution in [0.25, 0.3) is 0 Å². The lowest BCUT2D eigenvalue weighted by Gasteiger charge is -2.21. The molecule has 0 aromatic rings. The van der Waals surface area contributed by atoms with E-state index in [1.54, 1.807) is 0 Å². The molecule has 0 bridgehead atoms. The molecule has 102 heavy (non-hydrogen) atoms. The minimum absolute atomic E-state index is 0.0751. The van der Waals surface area contributed by atoms with E-state index >= 15 is 0 Å². The van der Waals surface area contributed by atoms with Gasteiger partial charge in [-0.15, -0.1) is 0 Å². The molecule has 0 aliphatic carbocycles. The second kappa shape index (κ2) is 74.7. The molecule has 5 atom stereocenters. The highest BCUT2D eigenvalue weighted by molar-refractivity contribution is 7.47. The van der Waals surface area contributed by atoms with Crippen LogP contribution in [-0.4, -0.2) is 96.7 Å². The van der Waals surface area contributed by atoms with Gasteiger partial charge in [0.1, 0.15) is 19.3 Å². The Morgan fingerprint density at radius 2 is 0.520 bits per heavy atom. The SMILES string of the molecule is CC/C=C\C/C=C\C/C=C\C/C=C\CCCCCCCCC(=O)OCC(COP(=O)(O)OCC(O)COP(=O)(O)OCC(COC(=O)CCCCCCCCC/C=C\C/C=C\C/C=C\CC)OC(=O)CCCCCCC/C=C\C/C=C\CCCCC)OC(=O)CCCCCCC/C=C\CCCC. The summed E-state index contributed by atoms with van der Waals surface area (Å²) in [5.74, 6) is -2.22. The topological polar surface area (TPSA) is 237 Å². The van der Waals surface area contributed by atoms with E-state index in [1.807, 2.05) is 0 Å². The van der Waals surface area contributed by atoms with Crippen molar-refractivity contribution >= 4 is 39.5 Å². The number of unbranched alkanes of at least 4 members (excludes halogenated alkanes) is 28. The molecule has 0 amide bonds. The molecule has 0 aliphatic rings. The number of ether oxygens (including phenoxy) is 4. The second-order valence-electron chi connectivity index (χ2n) is 26.2. The number of hydrogen-bond acceptors (Lipinski definition) is 15. The fraction of sp³-hybridized carbons (Fsp3) is 0.711. The summed E-state index contributed by atoms with van der Waals surface area (Å²) in [5.41, 5.74) is 0. The molecule has 0 saturated heterocycles. The van der Waals surface area contributed by atoms with Gasteiger partial charge in [0, 0.05) is 25.7 Å². The van der Waals surface area contributed by atoms with Crippen molar-refractivity contribution in [3.8, 4) is 0 Å². The van der Waals surface area contributed by atoms with Crippen LogP contribution in [0.4, 0.5) is 0 Å². The van der Waals surface area contributed by atoms with Gasteiger partial charge in [0.25, 0.3) is 0 Å². The first kappa shape index (κ1) is 97.5. The number of hydrogen-bond donors (Lipinski definition) is 3. The van der Waals surface area contributed by atoms with Gasteiger partial charge in [-0.05, 0) is 148 Å². The van der Waals surface area contributed by atoms with Crippen LogP contribution in [0.3, 0.4) is 0 Å². The minimum atomic E-state index is -4.98. The van der Waals surface area contributed by atoms with Crippen molar-refractivity contribution in [2.45, 2.75) is 341 Å². The van der Waals surface area contributed by atoms with Gasteiger partial charge < -0.3 is 33.8 Å². The first-order valence-electron chi connectivity index (χ1n) is 39.8. The monoisotopic (exact) mass is 1470 g/mol. The summed E-state index contributed by atoms with van der Waals surface area (Å²) in [7, 11) is -9.97. The van der Waals surface area contributed by atoms with Crippen LogP contribution in [0.15, 0.2) is 122 Å². The number of phosphoric ester groups is 2. The van der Waals surface area contributed by atoms with Crippen molar-refractivity contribution in [3.05, 3.63) is 122 Å². The summed E-state index contributed by atoms with van der Waals surface area (Å²) in [5, 5.41) is 10.6. The first-order valence-corrected chi connectivity index (χ1v) is 42.8. The van der Waals surface area contributed by atoms with Crippen molar-refractivity contribution in [1.29, 1.82) is 0 Å². The summed E-state index contributed by atoms with van der Waals surface area (Å²) in [4.78, 5) is 73.0. The molecule has 17 nitrogen and oxygen atoms in total. The van der Waals surface area contributed by atoms with Crippen LogP contribution >= 0.6 is 15.6 Å². The molecule has 0 aromatic carbocycles. The standard InChI is InChI=1S/C83H142O17P2/c1-5-9-13-17-21-25-29-32-35-37-38-40-43-45-49-52-56-60-64-68-80(85)93-73-78(99-82(87)69-65-61-57-53-47-28-24-20-16-12-8-4)75-97-101(89,90)95-71-77(84)72-96-102(91,92)98-76-79(100-83(88)70-66-62-58-54-50-46-41-34-31-27-23-19-15-11-7-3)74-94-81(86)67-63-59-55-51-48-44-42-39-36-33-30-26-22-18-14-10-6-2/h9-10,13-14,20-27,32-36,38,40-41,77-79,84H,5-8,11-12,15-19,28-31,37,39,42-76H2,1-4H3,(H,89,90)(H,91,92)/b13-9-,14-10-,24-20-,25-21-,26-22-,27-23-,35-32-,36-33-,40-38-,41-34-. The lowest BCUT2D eigenvalue weighted by Crippen LogP contribution is -2.30. The van der Waals surface area contributed by atoms with Gasteiger partial charge in [0.05, 0.1) is 26.4 Å². The maximum absolute atomic E-state index is 13.1. The number of carbonyl (C=O) groups excluding carboxylic acids is 4. The van der Waals surface area contributed by atoms with Gasteiger partial charge in [-0.25, -0.2) is 9.13 Å². The molecule has 0 radical (unpaired) electrons. The molecule has 0 aromatic heterocycles. The zero-order chi connectivity index (χ0) is 74.6. The quantitative estimate of drug-likeness (QED) is 0.0169. The van der Waals surface area contributed by atoms with E-state index in [1.165, 1.54) is 32.1 Å². The number of aliphatic hydroxyl groups excluding tert-OH is 1. The smallest absolute Gasteiger partial charge is 0.462 e. The summed E-state index contributed by atoms with van der Waals surface area (Å²) in [6, 6.07) is 0. The van der Waals surface area contributed by atoms with Crippen molar-refractivity contribution < 1.29 is 80.2 Å². The van der Waals surface area contributed by atoms with Crippen molar-refractivity contribution in [2.75, 3.05) is 39.6 Å². The molecule has 586 valence electrons. The second-order valence-corrected chi connectivity index (χ2v) is 29.1. The van der Waals surface area contributed by atoms with Gasteiger partial charge in [-0.2, -0.15) is 0 Å². The number of allylic oxidation sites excluding steroid dienone is 20. The van der Waals surface area contributed by atoms with Crippen LogP contribution in [0.5, 0.6) is 0 Å². The van der Waals surface area contributed by atoms with E-state index in [0.29, 0.717) is 25.7 Å². The van der Waals surface area contributed by atoms with Crippen LogP contribution < -0.4 is 0 Å². The van der Waals surface area contributed by atoms with E-state index < -0.39 is 97.5 Å².